The van der Waals surface area contributed by atoms with Crippen LogP contribution < -0.4 is 14.2 Å². The molecule has 7 heteroatoms. The minimum atomic E-state index is -2.03. The third-order valence-corrected chi connectivity index (χ3v) is 6.09. The maximum absolute atomic E-state index is 12.7. The number of halogens is 2. The first-order chi connectivity index (χ1) is 17.0. The molecule has 0 spiro atoms. The van der Waals surface area contributed by atoms with Gasteiger partial charge in [0.2, 0.25) is 0 Å². The molecule has 190 valence electrons. The molecule has 2 aromatic rings. The van der Waals surface area contributed by atoms with Crippen LogP contribution in [0.4, 0.5) is 8.78 Å². The Morgan fingerprint density at radius 2 is 1.75 bits per heavy atom. The van der Waals surface area contributed by atoms with Gasteiger partial charge >= 0.3 is 18.0 Å². The SMILES string of the molecule is C=C(C)C(=O)Oc1ccc(-c2ccc(OC(=O)C(C)C(C)C)c3c2C=CC(C)C3)cc1OC=C(F)F. The third kappa shape index (κ3) is 6.27. The minimum absolute atomic E-state index is 0.0181. The van der Waals surface area contributed by atoms with Gasteiger partial charge in [-0.1, -0.05) is 58.6 Å². The third-order valence-electron chi connectivity index (χ3n) is 6.09. The molecule has 0 aliphatic heterocycles. The van der Waals surface area contributed by atoms with Crippen molar-refractivity contribution < 1.29 is 32.6 Å². The molecule has 0 fully saturated rings. The van der Waals surface area contributed by atoms with E-state index in [1.54, 1.807) is 12.1 Å². The van der Waals surface area contributed by atoms with E-state index in [9.17, 15) is 18.4 Å². The van der Waals surface area contributed by atoms with Crippen molar-refractivity contribution in [2.24, 2.45) is 17.8 Å². The zero-order valence-corrected chi connectivity index (χ0v) is 21.1. The maximum Gasteiger partial charge on any atom is 0.338 e. The molecular weight excluding hydrogens is 466 g/mol. The summed E-state index contributed by atoms with van der Waals surface area (Å²) in [6, 6.07) is 8.27. The molecule has 0 N–H and O–H groups in total. The van der Waals surface area contributed by atoms with Crippen molar-refractivity contribution in [3.8, 4) is 28.4 Å². The van der Waals surface area contributed by atoms with Crippen LogP contribution in [0.15, 0.2) is 60.9 Å². The number of hydrogen-bond donors (Lipinski definition) is 0. The van der Waals surface area contributed by atoms with Gasteiger partial charge in [0.25, 0.3) is 0 Å². The molecular formula is C29H30F2O5. The number of esters is 2. The average Bonchev–Trinajstić information content (AvgIpc) is 2.82. The van der Waals surface area contributed by atoms with E-state index in [0.717, 1.165) is 16.7 Å². The number of carbonyl (C=O) groups excluding carboxylic acids is 2. The van der Waals surface area contributed by atoms with Crippen LogP contribution in [0.3, 0.4) is 0 Å². The molecule has 0 bridgehead atoms. The molecule has 3 rings (SSSR count). The number of carbonyl (C=O) groups is 2. The number of benzene rings is 2. The van der Waals surface area contributed by atoms with Crippen molar-refractivity contribution in [1.29, 1.82) is 0 Å². The van der Waals surface area contributed by atoms with Crippen molar-refractivity contribution in [3.05, 3.63) is 72.0 Å². The summed E-state index contributed by atoms with van der Waals surface area (Å²) < 4.78 is 41.7. The maximum atomic E-state index is 12.7. The van der Waals surface area contributed by atoms with Gasteiger partial charge in [0.1, 0.15) is 5.75 Å². The van der Waals surface area contributed by atoms with E-state index in [0.29, 0.717) is 17.7 Å². The Morgan fingerprint density at radius 1 is 1.06 bits per heavy atom. The van der Waals surface area contributed by atoms with E-state index in [1.165, 1.54) is 19.1 Å². The number of rotatable bonds is 8. The summed E-state index contributed by atoms with van der Waals surface area (Å²) in [7, 11) is 0. The number of allylic oxidation sites excluding steroid dienone is 1. The van der Waals surface area contributed by atoms with Gasteiger partial charge in [0.15, 0.2) is 17.8 Å². The lowest BCUT2D eigenvalue weighted by atomic mass is 9.85. The first kappa shape index (κ1) is 26.9. The minimum Gasteiger partial charge on any atom is -0.455 e. The van der Waals surface area contributed by atoms with Crippen LogP contribution in [0.5, 0.6) is 17.2 Å². The predicted octanol–water partition coefficient (Wildman–Crippen LogP) is 7.35. The van der Waals surface area contributed by atoms with Crippen LogP contribution in [-0.2, 0) is 16.0 Å². The Labute approximate surface area is 210 Å². The molecule has 36 heavy (non-hydrogen) atoms. The van der Waals surface area contributed by atoms with E-state index >= 15 is 0 Å². The summed E-state index contributed by atoms with van der Waals surface area (Å²) in [5.41, 5.74) is 3.35. The Morgan fingerprint density at radius 3 is 2.39 bits per heavy atom. The normalized spacial score (nSPS) is 15.1. The predicted molar refractivity (Wildman–Crippen MR) is 135 cm³/mol. The second-order valence-corrected chi connectivity index (χ2v) is 9.35. The zero-order chi connectivity index (χ0) is 26.6. The first-order valence-corrected chi connectivity index (χ1v) is 11.7. The molecule has 0 amide bonds. The van der Waals surface area contributed by atoms with Crippen LogP contribution in [-0.4, -0.2) is 11.9 Å². The molecule has 2 aromatic carbocycles. The van der Waals surface area contributed by atoms with E-state index in [2.05, 4.69) is 19.6 Å². The van der Waals surface area contributed by atoms with E-state index < -0.39 is 12.0 Å². The topological polar surface area (TPSA) is 61.8 Å². The van der Waals surface area contributed by atoms with Crippen LogP contribution in [0.2, 0.25) is 0 Å². The van der Waals surface area contributed by atoms with Gasteiger partial charge in [0, 0.05) is 11.1 Å². The van der Waals surface area contributed by atoms with E-state index in [1.807, 2.05) is 32.9 Å². The van der Waals surface area contributed by atoms with Crippen LogP contribution >= 0.6 is 0 Å². The fourth-order valence-corrected chi connectivity index (χ4v) is 3.66. The highest BCUT2D eigenvalue weighted by Gasteiger charge is 2.24. The fraction of sp³-hybridized carbons (Fsp3) is 0.310. The quantitative estimate of drug-likeness (QED) is 0.165. The first-order valence-electron chi connectivity index (χ1n) is 11.7. The lowest BCUT2D eigenvalue weighted by Gasteiger charge is -2.23. The number of ether oxygens (including phenoxy) is 3. The zero-order valence-electron chi connectivity index (χ0n) is 21.1. The molecule has 0 heterocycles. The number of hydrogen-bond acceptors (Lipinski definition) is 5. The van der Waals surface area contributed by atoms with Crippen molar-refractivity contribution in [3.63, 3.8) is 0 Å². The van der Waals surface area contributed by atoms with E-state index in [4.69, 9.17) is 14.2 Å². The van der Waals surface area contributed by atoms with Gasteiger partial charge in [-0.15, -0.1) is 0 Å². The largest absolute Gasteiger partial charge is 0.455 e. The molecule has 0 saturated heterocycles. The molecule has 0 aromatic heterocycles. The highest BCUT2D eigenvalue weighted by Crippen LogP contribution is 2.41. The standard InChI is InChI=1S/C29H30F2O5/c1-16(2)19(6)29(33)35-24-12-10-21(22-9-7-18(5)13-23(22)24)20-8-11-25(36-28(32)17(3)4)26(14-20)34-15-27(30)31/h7-12,14-16,18-19H,3,13H2,1-2,4-6H3. The smallest absolute Gasteiger partial charge is 0.338 e. The Hall–Kier alpha value is -3.74. The second kappa shape index (κ2) is 11.3. The van der Waals surface area contributed by atoms with Crippen molar-refractivity contribution in [2.45, 2.75) is 41.0 Å². The van der Waals surface area contributed by atoms with E-state index in [-0.39, 0.29) is 47.1 Å². The van der Waals surface area contributed by atoms with Gasteiger partial charge in [0.05, 0.1) is 5.92 Å². The summed E-state index contributed by atoms with van der Waals surface area (Å²) in [5.74, 6) is -0.425. The highest BCUT2D eigenvalue weighted by molar-refractivity contribution is 5.89. The fourth-order valence-electron chi connectivity index (χ4n) is 3.66. The highest BCUT2D eigenvalue weighted by atomic mass is 19.3. The molecule has 1 aliphatic rings. The summed E-state index contributed by atoms with van der Waals surface area (Å²) in [5, 5.41) is 0. The molecule has 0 saturated carbocycles. The molecule has 0 radical (unpaired) electrons. The van der Waals surface area contributed by atoms with Crippen LogP contribution in [0, 0.1) is 17.8 Å². The van der Waals surface area contributed by atoms with Crippen LogP contribution in [0.25, 0.3) is 17.2 Å². The summed E-state index contributed by atoms with van der Waals surface area (Å²) >= 11 is 0. The van der Waals surface area contributed by atoms with Gasteiger partial charge < -0.3 is 14.2 Å². The molecule has 2 unspecified atom stereocenters. The summed E-state index contributed by atoms with van der Waals surface area (Å²) in [6.45, 7) is 12.9. The van der Waals surface area contributed by atoms with Crippen LogP contribution in [0.1, 0.15) is 45.7 Å². The lowest BCUT2D eigenvalue weighted by molar-refractivity contribution is -0.139. The van der Waals surface area contributed by atoms with Gasteiger partial charge in [-0.3, -0.25) is 4.79 Å². The Balaban J connectivity index is 2.07. The number of fused-ring (bicyclic) bond motifs is 1. The Kier molecular flexibility index (Phi) is 8.45. The van der Waals surface area contributed by atoms with Crippen molar-refractivity contribution >= 4 is 18.0 Å². The summed E-state index contributed by atoms with van der Waals surface area (Å²) in [6.07, 6.45) is 2.96. The molecule has 1 aliphatic carbocycles. The molecule has 2 atom stereocenters. The monoisotopic (exact) mass is 496 g/mol. The van der Waals surface area contributed by atoms with Gasteiger partial charge in [-0.05, 0) is 60.1 Å². The van der Waals surface area contributed by atoms with Gasteiger partial charge in [-0.25, -0.2) is 4.79 Å². The van der Waals surface area contributed by atoms with Crippen molar-refractivity contribution in [1.82, 2.24) is 0 Å². The average molecular weight is 497 g/mol. The van der Waals surface area contributed by atoms with Gasteiger partial charge in [-0.2, -0.15) is 8.78 Å². The van der Waals surface area contributed by atoms with Crippen molar-refractivity contribution in [2.75, 3.05) is 0 Å². The Bertz CT molecular complexity index is 1240. The summed E-state index contributed by atoms with van der Waals surface area (Å²) in [4.78, 5) is 24.7. The second-order valence-electron chi connectivity index (χ2n) is 9.35. The molecule has 5 nitrogen and oxygen atoms in total. The lowest BCUT2D eigenvalue weighted by Crippen LogP contribution is -2.23.